The Bertz CT molecular complexity index is 837. The molecule has 3 rings (SSSR count). The van der Waals surface area contributed by atoms with Gasteiger partial charge in [0.05, 0.1) is 18.1 Å². The second kappa shape index (κ2) is 6.52. The predicted octanol–water partition coefficient (Wildman–Crippen LogP) is 2.40. The molecule has 1 aromatic heterocycles. The van der Waals surface area contributed by atoms with E-state index in [1.165, 1.54) is 18.3 Å². The molecular formula is C16H13N5O2. The maximum Gasteiger partial charge on any atom is 0.263 e. The predicted molar refractivity (Wildman–Crippen MR) is 86.3 cm³/mol. The van der Waals surface area contributed by atoms with Gasteiger partial charge in [0.2, 0.25) is 0 Å². The van der Waals surface area contributed by atoms with Crippen molar-refractivity contribution >= 4 is 12.2 Å². The van der Waals surface area contributed by atoms with Gasteiger partial charge in [-0.15, -0.1) is 5.10 Å². The van der Waals surface area contributed by atoms with E-state index in [1.54, 1.807) is 12.3 Å². The summed E-state index contributed by atoms with van der Waals surface area (Å²) in [6.45, 7) is 0. The Kier molecular flexibility index (Phi) is 4.10. The fourth-order valence-corrected chi connectivity index (χ4v) is 1.88. The molecule has 0 spiro atoms. The summed E-state index contributed by atoms with van der Waals surface area (Å²) in [5.41, 5.74) is 4.90. The number of aromatic nitrogens is 3. The van der Waals surface area contributed by atoms with Crippen molar-refractivity contribution in [1.29, 1.82) is 0 Å². The lowest BCUT2D eigenvalue weighted by Gasteiger charge is -2.02. The SMILES string of the molecule is Oc1ccc(/C=N\Nc2nncc(-c3ccccc3)n2)cc1O. The largest absolute Gasteiger partial charge is 0.504 e. The highest BCUT2D eigenvalue weighted by Crippen LogP contribution is 2.24. The second-order valence-corrected chi connectivity index (χ2v) is 4.65. The number of hydrazone groups is 1. The van der Waals surface area contributed by atoms with E-state index in [0.717, 1.165) is 5.56 Å². The molecular weight excluding hydrogens is 294 g/mol. The van der Waals surface area contributed by atoms with E-state index in [4.69, 9.17) is 0 Å². The van der Waals surface area contributed by atoms with Crippen LogP contribution in [0.3, 0.4) is 0 Å². The van der Waals surface area contributed by atoms with E-state index in [9.17, 15) is 10.2 Å². The third-order valence-corrected chi connectivity index (χ3v) is 3.01. The number of phenols is 2. The topological polar surface area (TPSA) is 104 Å². The first-order valence-electron chi connectivity index (χ1n) is 6.78. The smallest absolute Gasteiger partial charge is 0.263 e. The Labute approximate surface area is 132 Å². The van der Waals surface area contributed by atoms with E-state index in [2.05, 4.69) is 25.7 Å². The monoisotopic (exact) mass is 307 g/mol. The third kappa shape index (κ3) is 3.59. The first kappa shape index (κ1) is 14.5. The van der Waals surface area contributed by atoms with E-state index in [-0.39, 0.29) is 17.4 Å². The van der Waals surface area contributed by atoms with Gasteiger partial charge in [0.1, 0.15) is 0 Å². The molecule has 0 fully saturated rings. The molecule has 0 aliphatic heterocycles. The maximum atomic E-state index is 9.41. The van der Waals surface area contributed by atoms with Crippen LogP contribution in [0.2, 0.25) is 0 Å². The van der Waals surface area contributed by atoms with E-state index in [0.29, 0.717) is 11.3 Å². The Morgan fingerprint density at radius 2 is 1.83 bits per heavy atom. The Morgan fingerprint density at radius 3 is 2.61 bits per heavy atom. The molecule has 3 aromatic rings. The van der Waals surface area contributed by atoms with Crippen LogP contribution in [0.15, 0.2) is 59.8 Å². The molecule has 0 unspecified atom stereocenters. The lowest BCUT2D eigenvalue weighted by atomic mass is 10.2. The molecule has 7 heteroatoms. The van der Waals surface area contributed by atoms with Crippen molar-refractivity contribution in [3.63, 3.8) is 0 Å². The zero-order valence-electron chi connectivity index (χ0n) is 12.0. The average molecular weight is 307 g/mol. The van der Waals surface area contributed by atoms with Crippen LogP contribution in [-0.4, -0.2) is 31.6 Å². The minimum Gasteiger partial charge on any atom is -0.504 e. The number of phenolic OH excluding ortho intramolecular Hbond substituents is 2. The summed E-state index contributed by atoms with van der Waals surface area (Å²) in [6, 6.07) is 14.0. The fraction of sp³-hybridized carbons (Fsp3) is 0. The van der Waals surface area contributed by atoms with Crippen molar-refractivity contribution in [3.8, 4) is 22.8 Å². The number of hydrogen-bond acceptors (Lipinski definition) is 7. The Morgan fingerprint density at radius 1 is 1.00 bits per heavy atom. The summed E-state index contributed by atoms with van der Waals surface area (Å²) in [4.78, 5) is 4.32. The maximum absolute atomic E-state index is 9.41. The van der Waals surface area contributed by atoms with Gasteiger partial charge in [-0.2, -0.15) is 10.2 Å². The molecule has 0 saturated heterocycles. The molecule has 0 saturated carbocycles. The molecule has 114 valence electrons. The van der Waals surface area contributed by atoms with Gasteiger partial charge >= 0.3 is 0 Å². The lowest BCUT2D eigenvalue weighted by molar-refractivity contribution is 0.403. The quantitative estimate of drug-likeness (QED) is 0.388. The van der Waals surface area contributed by atoms with Crippen LogP contribution in [-0.2, 0) is 0 Å². The van der Waals surface area contributed by atoms with Crippen LogP contribution in [0.5, 0.6) is 11.5 Å². The van der Waals surface area contributed by atoms with Gasteiger partial charge in [-0.25, -0.2) is 10.4 Å². The van der Waals surface area contributed by atoms with E-state index < -0.39 is 0 Å². The van der Waals surface area contributed by atoms with Gasteiger partial charge < -0.3 is 10.2 Å². The van der Waals surface area contributed by atoms with Crippen molar-refractivity contribution in [1.82, 2.24) is 15.2 Å². The number of rotatable bonds is 4. The first-order valence-corrected chi connectivity index (χ1v) is 6.78. The molecule has 2 aromatic carbocycles. The van der Waals surface area contributed by atoms with Crippen molar-refractivity contribution in [3.05, 3.63) is 60.3 Å². The van der Waals surface area contributed by atoms with Crippen LogP contribution >= 0.6 is 0 Å². The normalized spacial score (nSPS) is 10.8. The van der Waals surface area contributed by atoms with Gasteiger partial charge in [-0.3, -0.25) is 0 Å². The molecule has 0 radical (unpaired) electrons. The molecule has 0 aliphatic carbocycles. The zero-order valence-corrected chi connectivity index (χ0v) is 12.0. The van der Waals surface area contributed by atoms with Gasteiger partial charge in [0.25, 0.3) is 5.95 Å². The van der Waals surface area contributed by atoms with Crippen LogP contribution in [0, 0.1) is 0 Å². The number of benzene rings is 2. The van der Waals surface area contributed by atoms with Crippen molar-refractivity contribution in [2.24, 2.45) is 5.10 Å². The highest BCUT2D eigenvalue weighted by atomic mass is 16.3. The standard InChI is InChI=1S/C16H13N5O2/c22-14-7-6-11(8-15(14)23)9-17-20-16-19-13(10-18-21-16)12-4-2-1-3-5-12/h1-10,22-23H,(H,19,20,21)/b17-9-. The van der Waals surface area contributed by atoms with Crippen LogP contribution in [0.25, 0.3) is 11.3 Å². The number of hydrogen-bond donors (Lipinski definition) is 3. The Hall–Kier alpha value is -3.48. The van der Waals surface area contributed by atoms with Gasteiger partial charge in [0.15, 0.2) is 11.5 Å². The number of aromatic hydroxyl groups is 2. The molecule has 0 amide bonds. The molecule has 7 nitrogen and oxygen atoms in total. The molecule has 23 heavy (non-hydrogen) atoms. The number of anilines is 1. The van der Waals surface area contributed by atoms with Gasteiger partial charge in [-0.1, -0.05) is 30.3 Å². The summed E-state index contributed by atoms with van der Waals surface area (Å²) in [5, 5.41) is 30.4. The summed E-state index contributed by atoms with van der Waals surface area (Å²) in [5.74, 6) is -0.137. The van der Waals surface area contributed by atoms with Crippen LogP contribution in [0.1, 0.15) is 5.56 Å². The van der Waals surface area contributed by atoms with Crippen LogP contribution in [0.4, 0.5) is 5.95 Å². The van der Waals surface area contributed by atoms with Crippen LogP contribution < -0.4 is 5.43 Å². The van der Waals surface area contributed by atoms with E-state index in [1.807, 2.05) is 30.3 Å². The minimum atomic E-state index is -0.210. The van der Waals surface area contributed by atoms with Crippen molar-refractivity contribution < 1.29 is 10.2 Å². The average Bonchev–Trinajstić information content (AvgIpc) is 2.59. The number of nitrogens with zero attached hydrogens (tertiary/aromatic N) is 4. The zero-order chi connectivity index (χ0) is 16.1. The molecule has 0 atom stereocenters. The number of nitrogens with one attached hydrogen (secondary N) is 1. The lowest BCUT2D eigenvalue weighted by Crippen LogP contribution is -1.99. The summed E-state index contributed by atoms with van der Waals surface area (Å²) in [6.07, 6.45) is 3.04. The summed E-state index contributed by atoms with van der Waals surface area (Å²) < 4.78 is 0. The van der Waals surface area contributed by atoms with Gasteiger partial charge in [-0.05, 0) is 23.8 Å². The molecule has 0 aliphatic rings. The van der Waals surface area contributed by atoms with Crippen molar-refractivity contribution in [2.75, 3.05) is 5.43 Å². The minimum absolute atomic E-state index is 0.182. The molecule has 0 bridgehead atoms. The highest BCUT2D eigenvalue weighted by molar-refractivity contribution is 5.81. The van der Waals surface area contributed by atoms with E-state index >= 15 is 0 Å². The Balaban J connectivity index is 1.73. The second-order valence-electron chi connectivity index (χ2n) is 4.65. The van der Waals surface area contributed by atoms with Crippen molar-refractivity contribution in [2.45, 2.75) is 0 Å². The summed E-state index contributed by atoms with van der Waals surface area (Å²) >= 11 is 0. The van der Waals surface area contributed by atoms with Gasteiger partial charge in [0, 0.05) is 5.56 Å². The third-order valence-electron chi connectivity index (χ3n) is 3.01. The first-order chi connectivity index (χ1) is 11.2. The summed E-state index contributed by atoms with van der Waals surface area (Å²) in [7, 11) is 0. The molecule has 1 heterocycles. The fourth-order valence-electron chi connectivity index (χ4n) is 1.88. The molecule has 3 N–H and O–H groups in total. The highest BCUT2D eigenvalue weighted by Gasteiger charge is 2.02.